The molecule has 104 valence electrons. The van der Waals surface area contributed by atoms with Gasteiger partial charge in [-0.3, -0.25) is 0 Å². The van der Waals surface area contributed by atoms with Crippen molar-refractivity contribution in [3.63, 3.8) is 0 Å². The largest absolute Gasteiger partial charge is 0.507 e. The van der Waals surface area contributed by atoms with Crippen LogP contribution in [0.25, 0.3) is 10.8 Å². The van der Waals surface area contributed by atoms with Crippen molar-refractivity contribution >= 4 is 22.1 Å². The number of aromatic hydroxyl groups is 2. The van der Waals surface area contributed by atoms with Gasteiger partial charge in [0, 0.05) is 29.1 Å². The summed E-state index contributed by atoms with van der Waals surface area (Å²) in [5, 5.41) is 22.2. The number of rotatable bonds is 1. The average molecular weight is 277 g/mol. The van der Waals surface area contributed by atoms with Crippen LogP contribution in [0.2, 0.25) is 0 Å². The van der Waals surface area contributed by atoms with Gasteiger partial charge in [0.05, 0.1) is 5.69 Å². The third-order valence-corrected chi connectivity index (χ3v) is 4.15. The number of phenols is 2. The first kappa shape index (κ1) is 12.1. The molecule has 3 nitrogen and oxygen atoms in total. The highest BCUT2D eigenvalue weighted by atomic mass is 16.3. The zero-order valence-corrected chi connectivity index (χ0v) is 11.5. The average Bonchev–Trinajstić information content (AvgIpc) is 2.95. The van der Waals surface area contributed by atoms with E-state index in [-0.39, 0.29) is 11.5 Å². The highest BCUT2D eigenvalue weighted by molar-refractivity contribution is 5.98. The molecule has 3 aromatic carbocycles. The second-order valence-electron chi connectivity index (χ2n) is 5.34. The Kier molecular flexibility index (Phi) is 2.54. The number of phenolic OH excluding ortho intramolecular Hbond substituents is 2. The van der Waals surface area contributed by atoms with E-state index in [1.165, 1.54) is 5.56 Å². The third kappa shape index (κ3) is 1.74. The SMILES string of the molecule is Oc1cc(N2CCc3ccccc32)c(O)c2ccccc12. The molecule has 1 heterocycles. The zero-order valence-electron chi connectivity index (χ0n) is 11.5. The molecule has 3 heteroatoms. The van der Waals surface area contributed by atoms with Gasteiger partial charge in [-0.05, 0) is 18.1 Å². The minimum Gasteiger partial charge on any atom is -0.507 e. The Morgan fingerprint density at radius 2 is 1.52 bits per heavy atom. The van der Waals surface area contributed by atoms with E-state index >= 15 is 0 Å². The molecule has 1 aliphatic heterocycles. The van der Waals surface area contributed by atoms with Gasteiger partial charge in [-0.1, -0.05) is 42.5 Å². The van der Waals surface area contributed by atoms with Crippen LogP contribution >= 0.6 is 0 Å². The van der Waals surface area contributed by atoms with Crippen molar-refractivity contribution in [2.75, 3.05) is 11.4 Å². The summed E-state index contributed by atoms with van der Waals surface area (Å²) < 4.78 is 0. The van der Waals surface area contributed by atoms with Crippen molar-refractivity contribution in [3.05, 3.63) is 60.2 Å². The Labute approximate surface area is 122 Å². The van der Waals surface area contributed by atoms with Gasteiger partial charge in [-0.25, -0.2) is 0 Å². The monoisotopic (exact) mass is 277 g/mol. The summed E-state index contributed by atoms with van der Waals surface area (Å²) in [6, 6.07) is 17.2. The maximum atomic E-state index is 10.6. The lowest BCUT2D eigenvalue weighted by Crippen LogP contribution is -2.13. The number of benzene rings is 3. The second kappa shape index (κ2) is 4.42. The Balaban J connectivity index is 1.95. The summed E-state index contributed by atoms with van der Waals surface area (Å²) >= 11 is 0. The molecule has 0 fully saturated rings. The molecule has 0 saturated heterocycles. The van der Waals surface area contributed by atoms with Crippen LogP contribution in [-0.4, -0.2) is 16.8 Å². The maximum Gasteiger partial charge on any atom is 0.147 e. The normalized spacial score (nSPS) is 13.6. The van der Waals surface area contributed by atoms with E-state index in [9.17, 15) is 10.2 Å². The van der Waals surface area contributed by atoms with E-state index in [1.54, 1.807) is 6.07 Å². The summed E-state index contributed by atoms with van der Waals surface area (Å²) in [5.41, 5.74) is 3.03. The molecular formula is C18H15NO2. The van der Waals surface area contributed by atoms with Gasteiger partial charge in [0.25, 0.3) is 0 Å². The minimum absolute atomic E-state index is 0.197. The number of fused-ring (bicyclic) bond motifs is 2. The van der Waals surface area contributed by atoms with Crippen LogP contribution in [-0.2, 0) is 6.42 Å². The van der Waals surface area contributed by atoms with Gasteiger partial charge < -0.3 is 15.1 Å². The van der Waals surface area contributed by atoms with Crippen LogP contribution in [0.3, 0.4) is 0 Å². The van der Waals surface area contributed by atoms with E-state index in [1.807, 2.05) is 42.5 Å². The molecule has 0 amide bonds. The second-order valence-corrected chi connectivity index (χ2v) is 5.34. The molecule has 0 unspecified atom stereocenters. The lowest BCUT2D eigenvalue weighted by Gasteiger charge is -2.22. The molecule has 21 heavy (non-hydrogen) atoms. The minimum atomic E-state index is 0.197. The van der Waals surface area contributed by atoms with Crippen molar-refractivity contribution in [2.24, 2.45) is 0 Å². The van der Waals surface area contributed by atoms with Crippen molar-refractivity contribution in [3.8, 4) is 11.5 Å². The topological polar surface area (TPSA) is 43.7 Å². The Morgan fingerprint density at radius 1 is 0.810 bits per heavy atom. The van der Waals surface area contributed by atoms with Crippen LogP contribution in [0.15, 0.2) is 54.6 Å². The fourth-order valence-electron chi connectivity index (χ4n) is 3.12. The molecule has 2 N–H and O–H groups in total. The summed E-state index contributed by atoms with van der Waals surface area (Å²) in [4.78, 5) is 2.07. The molecule has 1 aliphatic rings. The van der Waals surface area contributed by atoms with Crippen molar-refractivity contribution in [2.45, 2.75) is 6.42 Å². The van der Waals surface area contributed by atoms with Gasteiger partial charge in [0.1, 0.15) is 11.5 Å². The molecule has 0 bridgehead atoms. The number of anilines is 2. The fourth-order valence-corrected chi connectivity index (χ4v) is 3.12. The highest BCUT2D eigenvalue weighted by Gasteiger charge is 2.23. The first-order valence-electron chi connectivity index (χ1n) is 7.05. The van der Waals surface area contributed by atoms with E-state index in [4.69, 9.17) is 0 Å². The van der Waals surface area contributed by atoms with E-state index in [2.05, 4.69) is 11.0 Å². The van der Waals surface area contributed by atoms with Crippen molar-refractivity contribution in [1.82, 2.24) is 0 Å². The summed E-state index contributed by atoms with van der Waals surface area (Å²) in [5.74, 6) is 0.419. The number of para-hydroxylation sites is 1. The molecule has 0 atom stereocenters. The highest BCUT2D eigenvalue weighted by Crippen LogP contribution is 2.45. The standard InChI is InChI=1S/C18H15NO2/c20-17-11-16(18(21)14-7-3-2-6-13(14)17)19-10-9-12-5-1-4-8-15(12)19/h1-8,11,20-21H,9-10H2. The van der Waals surface area contributed by atoms with Gasteiger partial charge >= 0.3 is 0 Å². The van der Waals surface area contributed by atoms with Crippen LogP contribution in [0.5, 0.6) is 11.5 Å². The predicted octanol–water partition coefficient (Wildman–Crippen LogP) is 3.95. The van der Waals surface area contributed by atoms with Crippen molar-refractivity contribution in [1.29, 1.82) is 0 Å². The lowest BCUT2D eigenvalue weighted by molar-refractivity contribution is 0.470. The lowest BCUT2D eigenvalue weighted by atomic mass is 10.1. The molecular weight excluding hydrogens is 262 g/mol. The predicted molar refractivity (Wildman–Crippen MR) is 84.4 cm³/mol. The molecule has 0 spiro atoms. The van der Waals surface area contributed by atoms with Crippen LogP contribution in [0.1, 0.15) is 5.56 Å². The summed E-state index contributed by atoms with van der Waals surface area (Å²) in [6.45, 7) is 0.810. The third-order valence-electron chi connectivity index (χ3n) is 4.15. The Morgan fingerprint density at radius 3 is 2.38 bits per heavy atom. The fraction of sp³-hybridized carbons (Fsp3) is 0.111. The molecule has 0 aromatic heterocycles. The molecule has 0 radical (unpaired) electrons. The van der Waals surface area contributed by atoms with Gasteiger partial charge in [0.15, 0.2) is 0 Å². The zero-order chi connectivity index (χ0) is 14.4. The Hall–Kier alpha value is -2.68. The van der Waals surface area contributed by atoms with Crippen molar-refractivity contribution < 1.29 is 10.2 Å². The van der Waals surface area contributed by atoms with Gasteiger partial charge in [-0.2, -0.15) is 0 Å². The molecule has 0 saturated carbocycles. The van der Waals surface area contributed by atoms with Gasteiger partial charge in [-0.15, -0.1) is 0 Å². The number of nitrogens with zero attached hydrogens (tertiary/aromatic N) is 1. The van der Waals surface area contributed by atoms with Crippen LogP contribution in [0.4, 0.5) is 11.4 Å². The number of hydrogen-bond acceptors (Lipinski definition) is 3. The molecule has 0 aliphatic carbocycles. The first-order valence-corrected chi connectivity index (χ1v) is 7.05. The smallest absolute Gasteiger partial charge is 0.147 e. The first-order chi connectivity index (χ1) is 10.3. The Bertz CT molecular complexity index is 842. The van der Waals surface area contributed by atoms with Gasteiger partial charge in [0.2, 0.25) is 0 Å². The number of hydrogen-bond donors (Lipinski definition) is 2. The van der Waals surface area contributed by atoms with Crippen LogP contribution in [0, 0.1) is 0 Å². The van der Waals surface area contributed by atoms with E-state index < -0.39 is 0 Å². The molecule has 3 aromatic rings. The molecule has 4 rings (SSSR count). The van der Waals surface area contributed by atoms with Crippen LogP contribution < -0.4 is 4.90 Å². The maximum absolute atomic E-state index is 10.6. The van der Waals surface area contributed by atoms with E-state index in [0.717, 1.165) is 18.7 Å². The van der Waals surface area contributed by atoms with E-state index in [0.29, 0.717) is 16.5 Å². The quantitative estimate of drug-likeness (QED) is 0.662. The summed E-state index contributed by atoms with van der Waals surface area (Å²) in [7, 11) is 0. The summed E-state index contributed by atoms with van der Waals surface area (Å²) in [6.07, 6.45) is 0.948.